The summed E-state index contributed by atoms with van der Waals surface area (Å²) in [5.41, 5.74) is 12.7. The Morgan fingerprint density at radius 1 is 1.38 bits per heavy atom. The van der Waals surface area contributed by atoms with Gasteiger partial charge in [-0.3, -0.25) is 4.99 Å². The zero-order valence-electron chi connectivity index (χ0n) is 10.2. The Morgan fingerprint density at radius 2 is 2.06 bits per heavy atom. The van der Waals surface area contributed by atoms with Crippen molar-refractivity contribution in [1.82, 2.24) is 0 Å². The van der Waals surface area contributed by atoms with Crippen molar-refractivity contribution in [1.29, 1.82) is 0 Å². The molecule has 2 rings (SSSR count). The van der Waals surface area contributed by atoms with Crippen LogP contribution in [0.5, 0.6) is 0 Å². The summed E-state index contributed by atoms with van der Waals surface area (Å²) in [6, 6.07) is 0. The maximum absolute atomic E-state index is 6.09. The normalized spacial score (nSPS) is 36.1. The number of nitrogens with zero attached hydrogens (tertiary/aromatic N) is 1. The van der Waals surface area contributed by atoms with Crippen LogP contribution in [0.1, 0.15) is 45.4 Å². The molecule has 0 saturated heterocycles. The van der Waals surface area contributed by atoms with Gasteiger partial charge in [0.2, 0.25) is 0 Å². The number of nitrogens with two attached hydrogens (primary N) is 2. The fourth-order valence-corrected chi connectivity index (χ4v) is 3.03. The van der Waals surface area contributed by atoms with E-state index in [0.717, 1.165) is 18.0 Å². The third kappa shape index (κ3) is 2.46. The lowest BCUT2D eigenvalue weighted by Crippen LogP contribution is -2.41. The molecule has 3 nitrogen and oxygen atoms in total. The van der Waals surface area contributed by atoms with E-state index in [-0.39, 0.29) is 11.6 Å². The maximum atomic E-state index is 6.09. The molecule has 0 amide bonds. The largest absolute Gasteiger partial charge is 0.398 e. The zero-order chi connectivity index (χ0) is 11.6. The van der Waals surface area contributed by atoms with Crippen molar-refractivity contribution in [3.05, 3.63) is 11.8 Å². The molecule has 0 aromatic rings. The third-order valence-corrected chi connectivity index (χ3v) is 4.01. The quantitative estimate of drug-likeness (QED) is 0.750. The highest BCUT2D eigenvalue weighted by Crippen LogP contribution is 2.38. The van der Waals surface area contributed by atoms with Crippen molar-refractivity contribution in [2.24, 2.45) is 27.8 Å². The second kappa shape index (κ2) is 4.58. The molecular formula is C13H23N3. The van der Waals surface area contributed by atoms with Crippen LogP contribution in [0.15, 0.2) is 16.8 Å². The van der Waals surface area contributed by atoms with Gasteiger partial charge in [0.25, 0.3) is 0 Å². The van der Waals surface area contributed by atoms with Crippen molar-refractivity contribution in [2.45, 2.75) is 51.6 Å². The third-order valence-electron chi connectivity index (χ3n) is 4.01. The Balaban J connectivity index is 2.03. The molecule has 2 unspecified atom stereocenters. The molecule has 90 valence electrons. The predicted molar refractivity (Wildman–Crippen MR) is 68.0 cm³/mol. The first kappa shape index (κ1) is 11.6. The number of hydrogen-bond donors (Lipinski definition) is 2. The van der Waals surface area contributed by atoms with Crippen molar-refractivity contribution >= 4 is 6.21 Å². The summed E-state index contributed by atoms with van der Waals surface area (Å²) in [4.78, 5) is 4.29. The second-order valence-corrected chi connectivity index (χ2v) is 5.58. The van der Waals surface area contributed by atoms with E-state index in [2.05, 4.69) is 18.0 Å². The van der Waals surface area contributed by atoms with Crippen LogP contribution < -0.4 is 11.5 Å². The molecule has 1 aliphatic heterocycles. The van der Waals surface area contributed by atoms with E-state index in [9.17, 15) is 0 Å². The highest BCUT2D eigenvalue weighted by Gasteiger charge is 2.34. The first-order valence-corrected chi connectivity index (χ1v) is 6.37. The Labute approximate surface area is 98.0 Å². The molecule has 0 aromatic carbocycles. The van der Waals surface area contributed by atoms with Crippen LogP contribution in [0, 0.1) is 11.3 Å². The smallest absolute Gasteiger partial charge is 0.106 e. The molecule has 0 aromatic heterocycles. The van der Waals surface area contributed by atoms with Gasteiger partial charge >= 0.3 is 0 Å². The SMILES string of the molecule is CC1(CC2CCCCC2)C=C(N)C=NC1N. The number of allylic oxidation sites excluding steroid dienone is 1. The first-order valence-electron chi connectivity index (χ1n) is 6.37. The molecule has 2 atom stereocenters. The number of dihydropyridines is 1. The van der Waals surface area contributed by atoms with E-state index in [1.54, 1.807) is 6.21 Å². The predicted octanol–water partition coefficient (Wildman–Crippen LogP) is 2.17. The second-order valence-electron chi connectivity index (χ2n) is 5.58. The monoisotopic (exact) mass is 221 g/mol. The van der Waals surface area contributed by atoms with Crippen LogP contribution in [0.25, 0.3) is 0 Å². The lowest BCUT2D eigenvalue weighted by molar-refractivity contribution is 0.216. The minimum atomic E-state index is -0.123. The van der Waals surface area contributed by atoms with E-state index in [1.807, 2.05) is 0 Å². The first-order chi connectivity index (χ1) is 7.60. The van der Waals surface area contributed by atoms with E-state index in [4.69, 9.17) is 11.5 Å². The van der Waals surface area contributed by atoms with Gasteiger partial charge in [0.15, 0.2) is 0 Å². The number of hydrogen-bond acceptors (Lipinski definition) is 3. The molecule has 0 spiro atoms. The van der Waals surface area contributed by atoms with Crippen LogP contribution in [-0.2, 0) is 0 Å². The Hall–Kier alpha value is -0.830. The average Bonchev–Trinajstić information content (AvgIpc) is 2.25. The van der Waals surface area contributed by atoms with Gasteiger partial charge < -0.3 is 11.5 Å². The fourth-order valence-electron chi connectivity index (χ4n) is 3.03. The van der Waals surface area contributed by atoms with Crippen LogP contribution in [0.3, 0.4) is 0 Å². The Morgan fingerprint density at radius 3 is 2.75 bits per heavy atom. The average molecular weight is 221 g/mol. The van der Waals surface area contributed by atoms with E-state index < -0.39 is 0 Å². The highest BCUT2D eigenvalue weighted by atomic mass is 15.0. The zero-order valence-corrected chi connectivity index (χ0v) is 10.2. The van der Waals surface area contributed by atoms with Crippen LogP contribution in [-0.4, -0.2) is 12.4 Å². The lowest BCUT2D eigenvalue weighted by atomic mass is 9.73. The molecule has 1 fully saturated rings. The van der Waals surface area contributed by atoms with Gasteiger partial charge in [-0.25, -0.2) is 0 Å². The van der Waals surface area contributed by atoms with Crippen molar-refractivity contribution in [3.63, 3.8) is 0 Å². The van der Waals surface area contributed by atoms with E-state index in [0.29, 0.717) is 0 Å². The molecule has 4 N–H and O–H groups in total. The summed E-state index contributed by atoms with van der Waals surface area (Å²) < 4.78 is 0. The van der Waals surface area contributed by atoms with Crippen LogP contribution in [0.4, 0.5) is 0 Å². The Kier molecular flexibility index (Phi) is 3.33. The van der Waals surface area contributed by atoms with Crippen molar-refractivity contribution < 1.29 is 0 Å². The molecular weight excluding hydrogens is 198 g/mol. The summed E-state index contributed by atoms with van der Waals surface area (Å²) in [5, 5.41) is 0. The summed E-state index contributed by atoms with van der Waals surface area (Å²) in [7, 11) is 0. The molecule has 3 heteroatoms. The van der Waals surface area contributed by atoms with Gasteiger partial charge in [-0.15, -0.1) is 0 Å². The topological polar surface area (TPSA) is 64.4 Å². The summed E-state index contributed by atoms with van der Waals surface area (Å²) in [6.07, 6.45) is 11.6. The number of aliphatic imine (C=N–C) groups is 1. The highest BCUT2D eigenvalue weighted by molar-refractivity contribution is 5.78. The van der Waals surface area contributed by atoms with Gasteiger partial charge in [0, 0.05) is 17.3 Å². The Bertz CT molecular complexity index is 302. The van der Waals surface area contributed by atoms with Gasteiger partial charge in [-0.2, -0.15) is 0 Å². The maximum Gasteiger partial charge on any atom is 0.106 e. The van der Waals surface area contributed by atoms with E-state index in [1.165, 1.54) is 32.1 Å². The molecule has 1 aliphatic carbocycles. The van der Waals surface area contributed by atoms with Crippen LogP contribution in [0.2, 0.25) is 0 Å². The summed E-state index contributed by atoms with van der Waals surface area (Å²) in [5.74, 6) is 0.808. The molecule has 0 bridgehead atoms. The van der Waals surface area contributed by atoms with Crippen molar-refractivity contribution in [2.75, 3.05) is 0 Å². The lowest BCUT2D eigenvalue weighted by Gasteiger charge is -2.37. The molecule has 0 radical (unpaired) electrons. The van der Waals surface area contributed by atoms with E-state index >= 15 is 0 Å². The van der Waals surface area contributed by atoms with Gasteiger partial charge in [-0.1, -0.05) is 45.1 Å². The van der Waals surface area contributed by atoms with Gasteiger partial charge in [0.05, 0.1) is 0 Å². The molecule has 16 heavy (non-hydrogen) atoms. The molecule has 2 aliphatic rings. The summed E-state index contributed by atoms with van der Waals surface area (Å²) >= 11 is 0. The standard InChI is InChI=1S/C13H23N3/c1-13(7-10-5-3-2-4-6-10)8-11(14)9-16-12(13)15/h8-10,12H,2-7,14-15H2,1H3. The molecule has 1 saturated carbocycles. The van der Waals surface area contributed by atoms with Crippen LogP contribution >= 0.6 is 0 Å². The fraction of sp³-hybridized carbons (Fsp3) is 0.769. The number of rotatable bonds is 2. The minimum Gasteiger partial charge on any atom is -0.398 e. The molecule has 1 heterocycles. The van der Waals surface area contributed by atoms with Gasteiger partial charge in [-0.05, 0) is 12.3 Å². The minimum absolute atomic E-state index is 0.0408. The van der Waals surface area contributed by atoms with Gasteiger partial charge in [0.1, 0.15) is 6.17 Å². The summed E-state index contributed by atoms with van der Waals surface area (Å²) in [6.45, 7) is 2.19. The van der Waals surface area contributed by atoms with Crippen molar-refractivity contribution in [3.8, 4) is 0 Å².